The van der Waals surface area contributed by atoms with Crippen LogP contribution in [-0.4, -0.2) is 51.7 Å². The molecule has 3 aromatic rings. The predicted octanol–water partition coefficient (Wildman–Crippen LogP) is 3.71. The lowest BCUT2D eigenvalue weighted by atomic mass is 10.00. The van der Waals surface area contributed by atoms with E-state index >= 15 is 0 Å². The number of fused-ring (bicyclic) bond motifs is 1. The van der Waals surface area contributed by atoms with E-state index in [-0.39, 0.29) is 11.8 Å². The number of hydrogen-bond donors (Lipinski definition) is 1. The Hall–Kier alpha value is -3.42. The normalized spacial score (nSPS) is 13.5. The first-order chi connectivity index (χ1) is 15.8. The van der Waals surface area contributed by atoms with Crippen LogP contribution < -0.4 is 10.1 Å². The quantitative estimate of drug-likeness (QED) is 0.620. The van der Waals surface area contributed by atoms with Crippen molar-refractivity contribution in [3.8, 4) is 5.88 Å². The van der Waals surface area contributed by atoms with Crippen molar-refractivity contribution in [1.82, 2.24) is 19.7 Å². The molecule has 2 aromatic heterocycles. The molecule has 1 aromatic carbocycles. The maximum atomic E-state index is 12.8. The lowest BCUT2D eigenvalue weighted by molar-refractivity contribution is -0.116. The van der Waals surface area contributed by atoms with Gasteiger partial charge in [-0.25, -0.2) is 9.67 Å². The molecule has 1 N–H and O–H groups in total. The summed E-state index contributed by atoms with van der Waals surface area (Å²) in [4.78, 5) is 32.2. The molecule has 8 nitrogen and oxygen atoms in total. The van der Waals surface area contributed by atoms with Crippen LogP contribution in [0, 0.1) is 20.8 Å². The largest absolute Gasteiger partial charge is 0.479 e. The highest BCUT2D eigenvalue weighted by Gasteiger charge is 2.22. The van der Waals surface area contributed by atoms with Gasteiger partial charge in [0.1, 0.15) is 0 Å². The molecule has 1 aliphatic heterocycles. The fraction of sp³-hybridized carbons (Fsp3) is 0.440. The highest BCUT2D eigenvalue weighted by molar-refractivity contribution is 5.99. The Morgan fingerprint density at radius 1 is 1.12 bits per heavy atom. The minimum absolute atomic E-state index is 0.0390. The number of aryl methyl sites for hydroxylation is 3. The highest BCUT2D eigenvalue weighted by Crippen LogP contribution is 2.30. The standard InChI is InChI=1S/C25H31N5O3/c1-15-19(25(32)30-13-6-7-14-30)9-8-10-20(15)27-21(31)12-11-18-16(2)22-23(26-17(18)3)29(4)28-24(22)33-5/h8-10H,6-7,11-14H2,1-5H3,(H,27,31). The number of carbonyl (C=O) groups is 2. The SMILES string of the molecule is COc1nn(C)c2nc(C)c(CCC(=O)Nc3cccc(C(=O)N4CCCC4)c3C)c(C)c12. The minimum atomic E-state index is -0.0964. The number of hydrogen-bond acceptors (Lipinski definition) is 5. The lowest BCUT2D eigenvalue weighted by Crippen LogP contribution is -2.28. The van der Waals surface area contributed by atoms with E-state index in [9.17, 15) is 9.59 Å². The Kier molecular flexibility index (Phi) is 6.35. The smallest absolute Gasteiger partial charge is 0.254 e. The van der Waals surface area contributed by atoms with Gasteiger partial charge in [-0.15, -0.1) is 5.10 Å². The zero-order chi connectivity index (χ0) is 23.7. The first kappa shape index (κ1) is 22.8. The number of nitrogens with zero attached hydrogens (tertiary/aromatic N) is 4. The summed E-state index contributed by atoms with van der Waals surface area (Å²) >= 11 is 0. The van der Waals surface area contributed by atoms with Crippen molar-refractivity contribution >= 4 is 28.5 Å². The second-order valence-electron chi connectivity index (χ2n) is 8.66. The average molecular weight is 450 g/mol. The van der Waals surface area contributed by atoms with E-state index in [2.05, 4.69) is 10.4 Å². The van der Waals surface area contributed by atoms with E-state index in [0.717, 1.165) is 59.3 Å². The van der Waals surface area contributed by atoms with Crippen molar-refractivity contribution in [3.63, 3.8) is 0 Å². The van der Waals surface area contributed by atoms with Gasteiger partial charge in [0.2, 0.25) is 11.8 Å². The Labute approximate surface area is 193 Å². The summed E-state index contributed by atoms with van der Waals surface area (Å²) in [6, 6.07) is 5.51. The van der Waals surface area contributed by atoms with Crippen LogP contribution in [0.25, 0.3) is 11.0 Å². The number of likely N-dealkylation sites (tertiary alicyclic amines) is 1. The van der Waals surface area contributed by atoms with Crippen LogP contribution in [-0.2, 0) is 18.3 Å². The van der Waals surface area contributed by atoms with Gasteiger partial charge in [0.25, 0.3) is 5.91 Å². The maximum absolute atomic E-state index is 12.8. The molecule has 3 heterocycles. The number of benzene rings is 1. The minimum Gasteiger partial charge on any atom is -0.479 e. The van der Waals surface area contributed by atoms with Gasteiger partial charge in [0.15, 0.2) is 5.65 Å². The summed E-state index contributed by atoms with van der Waals surface area (Å²) in [6.45, 7) is 7.46. The van der Waals surface area contributed by atoms with Crippen LogP contribution in [0.4, 0.5) is 5.69 Å². The number of rotatable bonds is 6. The Morgan fingerprint density at radius 2 is 1.85 bits per heavy atom. The van der Waals surface area contributed by atoms with Crippen molar-refractivity contribution in [1.29, 1.82) is 0 Å². The molecular formula is C25H31N5O3. The number of anilines is 1. The fourth-order valence-electron chi connectivity index (χ4n) is 4.65. The van der Waals surface area contributed by atoms with Gasteiger partial charge in [-0.2, -0.15) is 0 Å². The van der Waals surface area contributed by atoms with Crippen LogP contribution in [0.1, 0.15) is 52.0 Å². The van der Waals surface area contributed by atoms with E-state index in [1.165, 1.54) is 0 Å². The molecule has 0 aliphatic carbocycles. The molecule has 1 saturated heterocycles. The zero-order valence-electron chi connectivity index (χ0n) is 20.0. The summed E-state index contributed by atoms with van der Waals surface area (Å²) in [5.41, 5.74) is 5.85. The maximum Gasteiger partial charge on any atom is 0.254 e. The van der Waals surface area contributed by atoms with Gasteiger partial charge in [0, 0.05) is 43.5 Å². The van der Waals surface area contributed by atoms with E-state index in [1.54, 1.807) is 11.8 Å². The third-order valence-electron chi connectivity index (χ3n) is 6.55. The van der Waals surface area contributed by atoms with Crippen molar-refractivity contribution < 1.29 is 14.3 Å². The van der Waals surface area contributed by atoms with Crippen molar-refractivity contribution in [2.24, 2.45) is 7.05 Å². The van der Waals surface area contributed by atoms with Crippen molar-refractivity contribution in [2.75, 3.05) is 25.5 Å². The summed E-state index contributed by atoms with van der Waals surface area (Å²) < 4.78 is 7.14. The molecule has 2 amide bonds. The monoisotopic (exact) mass is 449 g/mol. The molecule has 4 rings (SSSR count). The Morgan fingerprint density at radius 3 is 2.55 bits per heavy atom. The van der Waals surface area contributed by atoms with E-state index in [0.29, 0.717) is 30.0 Å². The summed E-state index contributed by atoms with van der Waals surface area (Å²) in [5.74, 6) is 0.483. The number of carbonyl (C=O) groups excluding carboxylic acids is 2. The van der Waals surface area contributed by atoms with E-state index < -0.39 is 0 Å². The number of pyridine rings is 1. The molecule has 0 atom stereocenters. The van der Waals surface area contributed by atoms with Crippen LogP contribution >= 0.6 is 0 Å². The van der Waals surface area contributed by atoms with Crippen LogP contribution in [0.3, 0.4) is 0 Å². The third kappa shape index (κ3) is 4.29. The van der Waals surface area contributed by atoms with Gasteiger partial charge >= 0.3 is 0 Å². The molecule has 1 aliphatic rings. The van der Waals surface area contributed by atoms with Crippen molar-refractivity contribution in [3.05, 3.63) is 46.1 Å². The van der Waals surface area contributed by atoms with E-state index in [1.807, 2.05) is 50.9 Å². The average Bonchev–Trinajstić information content (AvgIpc) is 3.43. The molecule has 0 radical (unpaired) electrons. The van der Waals surface area contributed by atoms with Crippen molar-refractivity contribution in [2.45, 2.75) is 46.5 Å². The van der Waals surface area contributed by atoms with E-state index in [4.69, 9.17) is 9.72 Å². The van der Waals surface area contributed by atoms with Gasteiger partial charge in [0.05, 0.1) is 12.5 Å². The molecule has 0 unspecified atom stereocenters. The summed E-state index contributed by atoms with van der Waals surface area (Å²) in [7, 11) is 3.44. The summed E-state index contributed by atoms with van der Waals surface area (Å²) in [5, 5.41) is 8.26. The van der Waals surface area contributed by atoms with Crippen LogP contribution in [0.5, 0.6) is 5.88 Å². The molecule has 33 heavy (non-hydrogen) atoms. The van der Waals surface area contributed by atoms with Gasteiger partial charge < -0.3 is 15.0 Å². The first-order valence-electron chi connectivity index (χ1n) is 11.4. The zero-order valence-corrected chi connectivity index (χ0v) is 20.0. The highest BCUT2D eigenvalue weighted by atomic mass is 16.5. The summed E-state index contributed by atoms with van der Waals surface area (Å²) in [6.07, 6.45) is 2.95. The molecule has 0 saturated carbocycles. The first-order valence-corrected chi connectivity index (χ1v) is 11.4. The molecule has 1 fully saturated rings. The lowest BCUT2D eigenvalue weighted by Gasteiger charge is -2.18. The molecule has 0 spiro atoms. The number of amides is 2. The molecular weight excluding hydrogens is 418 g/mol. The van der Waals surface area contributed by atoms with Crippen LogP contribution in [0.15, 0.2) is 18.2 Å². The second-order valence-corrected chi connectivity index (χ2v) is 8.66. The molecule has 174 valence electrons. The van der Waals surface area contributed by atoms with Gasteiger partial charge in [-0.05, 0) is 68.9 Å². The topological polar surface area (TPSA) is 89.3 Å². The number of methoxy groups -OCH3 is 1. The van der Waals surface area contributed by atoms with Crippen LogP contribution in [0.2, 0.25) is 0 Å². The number of ether oxygens (including phenoxy) is 1. The third-order valence-corrected chi connectivity index (χ3v) is 6.55. The number of nitrogens with one attached hydrogen (secondary N) is 1. The Bertz CT molecular complexity index is 1220. The predicted molar refractivity (Wildman–Crippen MR) is 128 cm³/mol. The Balaban J connectivity index is 1.50. The van der Waals surface area contributed by atoms with Gasteiger partial charge in [-0.1, -0.05) is 6.07 Å². The molecule has 8 heteroatoms. The fourth-order valence-corrected chi connectivity index (χ4v) is 4.65. The molecule has 0 bridgehead atoms. The number of aromatic nitrogens is 3. The second kappa shape index (κ2) is 9.21. The van der Waals surface area contributed by atoms with Gasteiger partial charge in [-0.3, -0.25) is 9.59 Å².